The van der Waals surface area contributed by atoms with Crippen LogP contribution in [0.2, 0.25) is 0 Å². The van der Waals surface area contributed by atoms with Crippen molar-refractivity contribution >= 4 is 16.6 Å². The summed E-state index contributed by atoms with van der Waals surface area (Å²) < 4.78 is 13.0. The maximum atomic E-state index is 13.0. The number of hydrogen-bond donors (Lipinski definition) is 0. The van der Waals surface area contributed by atoms with E-state index in [4.69, 9.17) is 0 Å². The van der Waals surface area contributed by atoms with Crippen LogP contribution >= 0.6 is 0 Å². The van der Waals surface area contributed by atoms with E-state index in [1.54, 1.807) is 6.20 Å². The molecule has 4 heteroatoms. The SMILES string of the molecule is CC(C)c1cnc(N2CC(F)C2)c2cnccc12. The molecule has 0 spiro atoms. The second kappa shape index (κ2) is 4.19. The Balaban J connectivity index is 2.14. The first kappa shape index (κ1) is 11.4. The Labute approximate surface area is 106 Å². The molecule has 1 aliphatic heterocycles. The van der Waals surface area contributed by atoms with Crippen LogP contribution in [0.5, 0.6) is 0 Å². The van der Waals surface area contributed by atoms with Crippen LogP contribution in [-0.4, -0.2) is 29.2 Å². The largest absolute Gasteiger partial charge is 0.350 e. The van der Waals surface area contributed by atoms with E-state index in [-0.39, 0.29) is 0 Å². The topological polar surface area (TPSA) is 29.0 Å². The molecule has 94 valence electrons. The third-order valence-electron chi connectivity index (χ3n) is 3.46. The van der Waals surface area contributed by atoms with Gasteiger partial charge in [0.05, 0.1) is 13.1 Å². The number of alkyl halides is 1. The Bertz CT molecular complexity index is 576. The monoisotopic (exact) mass is 245 g/mol. The number of hydrogen-bond acceptors (Lipinski definition) is 3. The van der Waals surface area contributed by atoms with Crippen molar-refractivity contribution in [2.45, 2.75) is 25.9 Å². The summed E-state index contributed by atoms with van der Waals surface area (Å²) >= 11 is 0. The van der Waals surface area contributed by atoms with Gasteiger partial charge in [0.1, 0.15) is 12.0 Å². The normalized spacial score (nSPS) is 16.3. The molecule has 1 aliphatic rings. The Morgan fingerprint density at radius 3 is 2.72 bits per heavy atom. The van der Waals surface area contributed by atoms with Gasteiger partial charge in [-0.3, -0.25) is 4.98 Å². The smallest absolute Gasteiger partial charge is 0.138 e. The quantitative estimate of drug-likeness (QED) is 0.814. The van der Waals surface area contributed by atoms with Crippen LogP contribution in [0.3, 0.4) is 0 Å². The van der Waals surface area contributed by atoms with Gasteiger partial charge in [0.2, 0.25) is 0 Å². The lowest BCUT2D eigenvalue weighted by Crippen LogP contribution is -2.48. The van der Waals surface area contributed by atoms with Crippen molar-refractivity contribution in [3.05, 3.63) is 30.2 Å². The first-order chi connectivity index (χ1) is 8.66. The summed E-state index contributed by atoms with van der Waals surface area (Å²) in [4.78, 5) is 10.6. The maximum Gasteiger partial charge on any atom is 0.138 e. The van der Waals surface area contributed by atoms with Crippen LogP contribution in [0.4, 0.5) is 10.2 Å². The van der Waals surface area contributed by atoms with E-state index < -0.39 is 6.17 Å². The fourth-order valence-corrected chi connectivity index (χ4v) is 2.40. The van der Waals surface area contributed by atoms with Gasteiger partial charge in [-0.25, -0.2) is 9.37 Å². The zero-order valence-electron chi connectivity index (χ0n) is 10.6. The van der Waals surface area contributed by atoms with Crippen LogP contribution in [0.15, 0.2) is 24.7 Å². The lowest BCUT2D eigenvalue weighted by Gasteiger charge is -2.36. The third kappa shape index (κ3) is 1.72. The molecule has 0 amide bonds. The highest BCUT2D eigenvalue weighted by Gasteiger charge is 2.28. The number of aromatic nitrogens is 2. The van der Waals surface area contributed by atoms with Gasteiger partial charge in [-0.1, -0.05) is 13.8 Å². The summed E-state index contributed by atoms with van der Waals surface area (Å²) in [5, 5.41) is 2.20. The van der Waals surface area contributed by atoms with Crippen molar-refractivity contribution in [3.8, 4) is 0 Å². The average molecular weight is 245 g/mol. The number of fused-ring (bicyclic) bond motifs is 1. The van der Waals surface area contributed by atoms with Gasteiger partial charge in [0, 0.05) is 24.0 Å². The Kier molecular flexibility index (Phi) is 2.65. The highest BCUT2D eigenvalue weighted by atomic mass is 19.1. The molecule has 2 aromatic rings. The summed E-state index contributed by atoms with van der Waals surface area (Å²) in [6.07, 6.45) is 4.82. The number of rotatable bonds is 2. The predicted octanol–water partition coefficient (Wildman–Crippen LogP) is 2.91. The molecular formula is C14H16FN3. The second-order valence-electron chi connectivity index (χ2n) is 5.12. The molecule has 3 nitrogen and oxygen atoms in total. The van der Waals surface area contributed by atoms with E-state index in [0.29, 0.717) is 19.0 Å². The lowest BCUT2D eigenvalue weighted by molar-refractivity contribution is 0.274. The number of anilines is 1. The summed E-state index contributed by atoms with van der Waals surface area (Å²) in [7, 11) is 0. The van der Waals surface area contributed by atoms with Gasteiger partial charge in [-0.05, 0) is 22.9 Å². The highest BCUT2D eigenvalue weighted by Crippen LogP contribution is 2.32. The molecule has 2 aromatic heterocycles. The van der Waals surface area contributed by atoms with Gasteiger partial charge < -0.3 is 4.90 Å². The molecule has 1 saturated heterocycles. The summed E-state index contributed by atoms with van der Waals surface area (Å²) in [6.45, 7) is 5.19. The van der Waals surface area contributed by atoms with Crippen LogP contribution in [-0.2, 0) is 0 Å². The highest BCUT2D eigenvalue weighted by molar-refractivity contribution is 5.94. The molecular weight excluding hydrogens is 229 g/mol. The average Bonchev–Trinajstić information content (AvgIpc) is 2.33. The molecule has 0 unspecified atom stereocenters. The maximum absolute atomic E-state index is 13.0. The molecule has 1 fully saturated rings. The van der Waals surface area contributed by atoms with Gasteiger partial charge in [-0.15, -0.1) is 0 Å². The van der Waals surface area contributed by atoms with E-state index >= 15 is 0 Å². The van der Waals surface area contributed by atoms with Crippen molar-refractivity contribution in [2.24, 2.45) is 0 Å². The van der Waals surface area contributed by atoms with Gasteiger partial charge in [0.25, 0.3) is 0 Å². The van der Waals surface area contributed by atoms with E-state index in [1.807, 2.05) is 23.4 Å². The molecule has 3 rings (SSSR count). The van der Waals surface area contributed by atoms with Gasteiger partial charge in [0.15, 0.2) is 0 Å². The van der Waals surface area contributed by atoms with E-state index in [1.165, 1.54) is 10.9 Å². The fourth-order valence-electron chi connectivity index (χ4n) is 2.40. The Morgan fingerprint density at radius 2 is 2.06 bits per heavy atom. The zero-order chi connectivity index (χ0) is 12.7. The van der Waals surface area contributed by atoms with E-state index in [2.05, 4.69) is 23.8 Å². The second-order valence-corrected chi connectivity index (χ2v) is 5.12. The summed E-state index contributed by atoms with van der Waals surface area (Å²) in [5.74, 6) is 1.28. The van der Waals surface area contributed by atoms with E-state index in [9.17, 15) is 4.39 Å². The number of halogens is 1. The molecule has 0 bridgehead atoms. The first-order valence-electron chi connectivity index (χ1n) is 6.28. The van der Waals surface area contributed by atoms with Crippen molar-refractivity contribution in [1.29, 1.82) is 0 Å². The van der Waals surface area contributed by atoms with Crippen molar-refractivity contribution in [1.82, 2.24) is 9.97 Å². The van der Waals surface area contributed by atoms with Crippen LogP contribution in [0, 0.1) is 0 Å². The van der Waals surface area contributed by atoms with Gasteiger partial charge in [-0.2, -0.15) is 0 Å². The zero-order valence-corrected chi connectivity index (χ0v) is 10.6. The van der Waals surface area contributed by atoms with Gasteiger partial charge >= 0.3 is 0 Å². The van der Waals surface area contributed by atoms with Crippen molar-refractivity contribution in [2.75, 3.05) is 18.0 Å². The molecule has 0 N–H and O–H groups in total. The summed E-state index contributed by atoms with van der Waals surface area (Å²) in [6, 6.07) is 2.02. The van der Waals surface area contributed by atoms with Crippen molar-refractivity contribution in [3.63, 3.8) is 0 Å². The first-order valence-corrected chi connectivity index (χ1v) is 6.28. The minimum Gasteiger partial charge on any atom is -0.350 e. The molecule has 0 atom stereocenters. The third-order valence-corrected chi connectivity index (χ3v) is 3.46. The van der Waals surface area contributed by atoms with Crippen LogP contribution in [0.1, 0.15) is 25.3 Å². The standard InChI is InChI=1S/C14H16FN3/c1-9(2)12-6-17-14(18-7-10(15)8-18)13-5-16-4-3-11(12)13/h3-6,9-10H,7-8H2,1-2H3. The molecule has 0 saturated carbocycles. The molecule has 0 aromatic carbocycles. The minimum atomic E-state index is -0.719. The van der Waals surface area contributed by atoms with Crippen LogP contribution in [0.25, 0.3) is 10.8 Å². The number of nitrogens with zero attached hydrogens (tertiary/aromatic N) is 3. The lowest BCUT2D eigenvalue weighted by atomic mass is 9.99. The molecule has 0 radical (unpaired) electrons. The van der Waals surface area contributed by atoms with Crippen LogP contribution < -0.4 is 4.90 Å². The Morgan fingerprint density at radius 1 is 1.28 bits per heavy atom. The molecule has 3 heterocycles. The molecule has 18 heavy (non-hydrogen) atoms. The fraction of sp³-hybridized carbons (Fsp3) is 0.429. The number of pyridine rings is 2. The Hall–Kier alpha value is -1.71. The van der Waals surface area contributed by atoms with E-state index in [0.717, 1.165) is 11.2 Å². The molecule has 0 aliphatic carbocycles. The minimum absolute atomic E-state index is 0.418. The predicted molar refractivity (Wildman–Crippen MR) is 70.7 cm³/mol. The summed E-state index contributed by atoms with van der Waals surface area (Å²) in [5.41, 5.74) is 1.22. The van der Waals surface area contributed by atoms with Crippen molar-refractivity contribution < 1.29 is 4.39 Å².